The Hall–Kier alpha value is -6.86. The van der Waals surface area contributed by atoms with Crippen molar-refractivity contribution in [1.82, 2.24) is 14.8 Å². The van der Waals surface area contributed by atoms with Crippen molar-refractivity contribution in [2.24, 2.45) is 0 Å². The Labute approximate surface area is 310 Å². The Balaban J connectivity index is 1.31. The highest BCUT2D eigenvalue weighted by atomic mass is 16.5. The molecule has 3 heterocycles. The summed E-state index contributed by atoms with van der Waals surface area (Å²) in [6.07, 6.45) is 1.75. The first kappa shape index (κ1) is 32.1. The van der Waals surface area contributed by atoms with Gasteiger partial charge < -0.3 is 14.5 Å². The quantitative estimate of drug-likeness (QED) is 0.143. The van der Waals surface area contributed by atoms with E-state index in [0.29, 0.717) is 5.88 Å². The second kappa shape index (κ2) is 14.0. The smallest absolute Gasteiger partial charge is 0.247 e. The van der Waals surface area contributed by atoms with Crippen LogP contribution in [0.15, 0.2) is 188 Å². The Morgan fingerprint density at radius 2 is 1.19 bits per heavy atom. The van der Waals surface area contributed by atoms with Gasteiger partial charge in [0.15, 0.2) is 0 Å². The number of rotatable bonds is 9. The number of para-hydroxylation sites is 3. The van der Waals surface area contributed by atoms with Crippen molar-refractivity contribution >= 4 is 40.2 Å². The molecule has 6 aromatic carbocycles. The highest BCUT2D eigenvalue weighted by Crippen LogP contribution is 2.39. The number of pyridine rings is 1. The van der Waals surface area contributed by atoms with Crippen molar-refractivity contribution in [3.8, 4) is 39.8 Å². The molecule has 0 saturated carbocycles. The van der Waals surface area contributed by atoms with Gasteiger partial charge in [-0.15, -0.1) is 0 Å². The number of aromatic nitrogens is 3. The number of anilines is 3. The molecule has 0 spiro atoms. The molecule has 254 valence electrons. The van der Waals surface area contributed by atoms with Crippen molar-refractivity contribution in [3.05, 3.63) is 188 Å². The SMILES string of the molecule is CN1CN(c2cccc(B(c3cccc(Oc4ccccn4)c3)c3c(-c4ccccc4)nn(-c4ccccc4)c3-c3ccccc3)c2)c2ccccc21. The summed E-state index contributed by atoms with van der Waals surface area (Å²) in [6.45, 7) is 0.526. The minimum absolute atomic E-state index is 0.235. The molecule has 53 heavy (non-hydrogen) atoms. The highest BCUT2D eigenvalue weighted by molar-refractivity contribution is 6.97. The van der Waals surface area contributed by atoms with E-state index in [0.717, 1.165) is 62.7 Å². The molecular formula is C46H36BN5O. The topological polar surface area (TPSA) is 46.4 Å². The normalized spacial score (nSPS) is 12.1. The molecule has 0 unspecified atom stereocenters. The van der Waals surface area contributed by atoms with Crippen LogP contribution in [0.3, 0.4) is 0 Å². The number of benzene rings is 6. The third-order valence-electron chi connectivity index (χ3n) is 9.81. The molecule has 1 aliphatic rings. The number of hydrogen-bond acceptors (Lipinski definition) is 5. The molecule has 1 aliphatic heterocycles. The van der Waals surface area contributed by atoms with Crippen LogP contribution in [0, 0.1) is 0 Å². The summed E-state index contributed by atoms with van der Waals surface area (Å²) in [7, 11) is 2.15. The monoisotopic (exact) mass is 685 g/mol. The molecule has 2 aromatic heterocycles. The van der Waals surface area contributed by atoms with Crippen LogP contribution in [-0.2, 0) is 0 Å². The van der Waals surface area contributed by atoms with E-state index < -0.39 is 0 Å². The molecule has 0 atom stereocenters. The van der Waals surface area contributed by atoms with Crippen molar-refractivity contribution in [2.75, 3.05) is 23.5 Å². The Morgan fingerprint density at radius 1 is 0.566 bits per heavy atom. The molecule has 0 bridgehead atoms. The van der Waals surface area contributed by atoms with Crippen molar-refractivity contribution < 1.29 is 4.74 Å². The maximum Gasteiger partial charge on any atom is 0.247 e. The molecular weight excluding hydrogens is 649 g/mol. The zero-order chi connectivity index (χ0) is 35.6. The zero-order valence-corrected chi connectivity index (χ0v) is 29.3. The van der Waals surface area contributed by atoms with E-state index in [2.05, 4.69) is 178 Å². The van der Waals surface area contributed by atoms with Crippen LogP contribution < -0.4 is 30.9 Å². The zero-order valence-electron chi connectivity index (χ0n) is 29.3. The van der Waals surface area contributed by atoms with Crippen LogP contribution in [0.25, 0.3) is 28.2 Å². The maximum absolute atomic E-state index is 6.36. The average molecular weight is 686 g/mol. The first-order valence-corrected chi connectivity index (χ1v) is 17.9. The van der Waals surface area contributed by atoms with Crippen LogP contribution in [0.1, 0.15) is 0 Å². The minimum Gasteiger partial charge on any atom is -0.439 e. The molecule has 0 fully saturated rings. The molecule has 0 radical (unpaired) electrons. The van der Waals surface area contributed by atoms with E-state index in [4.69, 9.17) is 9.84 Å². The van der Waals surface area contributed by atoms with E-state index in [9.17, 15) is 0 Å². The Kier molecular flexibility index (Phi) is 8.50. The fraction of sp³-hybridized carbons (Fsp3) is 0.0435. The fourth-order valence-corrected chi connectivity index (χ4v) is 7.43. The second-order valence-electron chi connectivity index (χ2n) is 13.2. The lowest BCUT2D eigenvalue weighted by Gasteiger charge is -2.23. The van der Waals surface area contributed by atoms with Gasteiger partial charge in [-0.1, -0.05) is 132 Å². The predicted molar refractivity (Wildman–Crippen MR) is 218 cm³/mol. The van der Waals surface area contributed by atoms with Gasteiger partial charge >= 0.3 is 0 Å². The third kappa shape index (κ3) is 6.23. The van der Waals surface area contributed by atoms with E-state index in [1.807, 2.05) is 30.3 Å². The maximum atomic E-state index is 6.36. The summed E-state index contributed by atoms with van der Waals surface area (Å²) in [5, 5.41) is 5.49. The van der Waals surface area contributed by atoms with Gasteiger partial charge in [-0.05, 0) is 65.6 Å². The van der Waals surface area contributed by atoms with E-state index in [1.165, 1.54) is 11.4 Å². The number of nitrogens with zero attached hydrogens (tertiary/aromatic N) is 5. The first-order valence-electron chi connectivity index (χ1n) is 17.9. The van der Waals surface area contributed by atoms with Crippen molar-refractivity contribution in [3.63, 3.8) is 0 Å². The predicted octanol–water partition coefficient (Wildman–Crippen LogP) is 8.46. The molecule has 9 rings (SSSR count). The molecule has 6 nitrogen and oxygen atoms in total. The summed E-state index contributed by atoms with van der Waals surface area (Å²) in [5.41, 5.74) is 12.0. The largest absolute Gasteiger partial charge is 0.439 e. The van der Waals surface area contributed by atoms with Gasteiger partial charge in [0.25, 0.3) is 0 Å². The van der Waals surface area contributed by atoms with Gasteiger partial charge in [-0.3, -0.25) is 0 Å². The highest BCUT2D eigenvalue weighted by Gasteiger charge is 2.34. The summed E-state index contributed by atoms with van der Waals surface area (Å²) in [5.74, 6) is 1.27. The lowest BCUT2D eigenvalue weighted by molar-refractivity contribution is 0.463. The van der Waals surface area contributed by atoms with Crippen molar-refractivity contribution in [1.29, 1.82) is 0 Å². The van der Waals surface area contributed by atoms with Crippen molar-refractivity contribution in [2.45, 2.75) is 0 Å². The first-order chi connectivity index (χ1) is 26.2. The number of ether oxygens (including phenoxy) is 1. The standard InChI is InChI=1S/C46H36BN5O/c1-50-33-51(42-28-12-11-27-41(42)50)39-25-15-21-36(31-39)47(37-22-16-26-40(32-37)53-43-29-13-14-30-48-43)44-45(34-17-5-2-6-18-34)49-52(38-23-9-4-10-24-38)46(44)35-19-7-3-8-20-35/h2-32H,33H2,1H3. The fourth-order valence-electron chi connectivity index (χ4n) is 7.43. The van der Waals surface area contributed by atoms with Crippen LogP contribution in [-0.4, -0.2) is 35.2 Å². The van der Waals surface area contributed by atoms with Crippen LogP contribution >= 0.6 is 0 Å². The van der Waals surface area contributed by atoms with Crippen LogP contribution in [0.5, 0.6) is 11.6 Å². The van der Waals surface area contributed by atoms with E-state index >= 15 is 0 Å². The molecule has 7 heteroatoms. The van der Waals surface area contributed by atoms with Crippen LogP contribution in [0.2, 0.25) is 0 Å². The minimum atomic E-state index is -0.235. The summed E-state index contributed by atoms with van der Waals surface area (Å²) in [6, 6.07) is 63.3. The van der Waals surface area contributed by atoms with E-state index in [1.54, 1.807) is 6.20 Å². The second-order valence-corrected chi connectivity index (χ2v) is 13.2. The lowest BCUT2D eigenvalue weighted by atomic mass is 9.36. The van der Waals surface area contributed by atoms with Gasteiger partial charge in [-0.2, -0.15) is 5.10 Å². The molecule has 8 aromatic rings. The summed E-state index contributed by atoms with van der Waals surface area (Å²) in [4.78, 5) is 9.13. The van der Waals surface area contributed by atoms with Gasteiger partial charge in [0.05, 0.1) is 35.1 Å². The Morgan fingerprint density at radius 3 is 1.92 bits per heavy atom. The molecule has 0 N–H and O–H groups in total. The summed E-state index contributed by atoms with van der Waals surface area (Å²) >= 11 is 0. The summed E-state index contributed by atoms with van der Waals surface area (Å²) < 4.78 is 8.47. The average Bonchev–Trinajstić information content (AvgIpc) is 3.78. The molecule has 0 saturated heterocycles. The number of fused-ring (bicyclic) bond motifs is 1. The molecule has 0 amide bonds. The van der Waals surface area contributed by atoms with Crippen LogP contribution in [0.4, 0.5) is 17.1 Å². The third-order valence-corrected chi connectivity index (χ3v) is 9.81. The Bertz CT molecular complexity index is 2490. The van der Waals surface area contributed by atoms with Gasteiger partial charge in [0.1, 0.15) is 5.75 Å². The van der Waals surface area contributed by atoms with E-state index in [-0.39, 0.29) is 6.71 Å². The number of hydrogen-bond donors (Lipinski definition) is 0. The van der Waals surface area contributed by atoms with Gasteiger partial charge in [0, 0.05) is 30.6 Å². The van der Waals surface area contributed by atoms with Gasteiger partial charge in [-0.25, -0.2) is 9.67 Å². The van der Waals surface area contributed by atoms with Gasteiger partial charge in [0.2, 0.25) is 12.6 Å². The molecule has 0 aliphatic carbocycles. The lowest BCUT2D eigenvalue weighted by Crippen LogP contribution is -2.53.